The highest BCUT2D eigenvalue weighted by molar-refractivity contribution is 6.81. The molecule has 1 aliphatic heterocycles. The molecule has 4 nitrogen and oxygen atoms in total. The van der Waals surface area contributed by atoms with Crippen molar-refractivity contribution in [2.75, 3.05) is 32.6 Å². The van der Waals surface area contributed by atoms with Crippen LogP contribution in [0, 0.1) is 5.41 Å². The van der Waals surface area contributed by atoms with E-state index in [0.717, 1.165) is 31.2 Å². The van der Waals surface area contributed by atoms with E-state index in [0.29, 0.717) is 24.8 Å². The van der Waals surface area contributed by atoms with E-state index >= 15 is 0 Å². The van der Waals surface area contributed by atoms with Crippen molar-refractivity contribution in [3.8, 4) is 0 Å². The van der Waals surface area contributed by atoms with E-state index in [1.807, 2.05) is 25.1 Å². The zero-order valence-electron chi connectivity index (χ0n) is 13.1. The molecule has 0 amide bonds. The highest BCUT2D eigenvalue weighted by atomic mass is 28.4. The van der Waals surface area contributed by atoms with Gasteiger partial charge in [0, 0.05) is 24.8 Å². The minimum atomic E-state index is -2.51. The zero-order valence-corrected chi connectivity index (χ0v) is 14.1. The van der Waals surface area contributed by atoms with Gasteiger partial charge in [0.15, 0.2) is 0 Å². The van der Waals surface area contributed by atoms with Gasteiger partial charge in [-0.1, -0.05) is 37.3 Å². The molecule has 1 fully saturated rings. The lowest BCUT2D eigenvalue weighted by molar-refractivity contribution is -0.124. The Bertz CT molecular complexity index is 419. The largest absolute Gasteiger partial charge is 0.391 e. The highest BCUT2D eigenvalue weighted by Crippen LogP contribution is 2.35. The Morgan fingerprint density at radius 1 is 1.19 bits per heavy atom. The third-order valence-corrected chi connectivity index (χ3v) is 7.57. The third-order valence-electron chi connectivity index (χ3n) is 4.39. The van der Waals surface area contributed by atoms with Gasteiger partial charge in [-0.15, -0.1) is 0 Å². The molecule has 0 bridgehead atoms. The molecule has 0 radical (unpaired) electrons. The van der Waals surface area contributed by atoms with E-state index in [1.165, 1.54) is 0 Å². The molecule has 0 aromatic heterocycles. The Balaban J connectivity index is 2.02. The average Bonchev–Trinajstić information content (AvgIpc) is 2.50. The number of ether oxygens (including phenoxy) is 1. The molecule has 21 heavy (non-hydrogen) atoms. The fourth-order valence-corrected chi connectivity index (χ4v) is 5.20. The maximum absolute atomic E-state index is 6.27. The predicted octanol–water partition coefficient (Wildman–Crippen LogP) is 1.70. The normalized spacial score (nSPS) is 19.8. The molecule has 1 aliphatic rings. The van der Waals surface area contributed by atoms with Gasteiger partial charge < -0.3 is 19.3 Å². The number of hydrogen-bond acceptors (Lipinski definition) is 4. The fraction of sp³-hybridized carbons (Fsp3) is 0.625. The van der Waals surface area contributed by atoms with Crippen LogP contribution in [-0.2, 0) is 13.6 Å². The van der Waals surface area contributed by atoms with Crippen molar-refractivity contribution < 1.29 is 13.6 Å². The summed E-state index contributed by atoms with van der Waals surface area (Å²) < 4.78 is 17.7. The Morgan fingerprint density at radius 2 is 1.90 bits per heavy atom. The van der Waals surface area contributed by atoms with Crippen molar-refractivity contribution in [1.82, 2.24) is 0 Å². The van der Waals surface area contributed by atoms with Gasteiger partial charge in [0.1, 0.15) is 0 Å². The molecule has 5 heteroatoms. The smallest absolute Gasteiger partial charge is 0.386 e. The van der Waals surface area contributed by atoms with E-state index in [2.05, 4.69) is 19.1 Å². The van der Waals surface area contributed by atoms with Crippen molar-refractivity contribution in [3.63, 3.8) is 0 Å². The molecular weight excluding hydrogens is 282 g/mol. The van der Waals surface area contributed by atoms with Gasteiger partial charge in [-0.2, -0.15) is 0 Å². The van der Waals surface area contributed by atoms with Crippen LogP contribution in [0.4, 0.5) is 0 Å². The summed E-state index contributed by atoms with van der Waals surface area (Å²) >= 11 is 0. The lowest BCUT2D eigenvalue weighted by Gasteiger charge is -2.41. The topological polar surface area (TPSA) is 53.7 Å². The van der Waals surface area contributed by atoms with Gasteiger partial charge >= 0.3 is 8.56 Å². The molecule has 1 atom stereocenters. The maximum Gasteiger partial charge on any atom is 0.386 e. The van der Waals surface area contributed by atoms with Crippen molar-refractivity contribution in [1.29, 1.82) is 0 Å². The van der Waals surface area contributed by atoms with E-state index in [-0.39, 0.29) is 0 Å². The molecule has 1 heterocycles. The van der Waals surface area contributed by atoms with Crippen LogP contribution in [0.1, 0.15) is 26.7 Å². The summed E-state index contributed by atoms with van der Waals surface area (Å²) in [5.41, 5.74) is 6.34. The molecule has 2 rings (SSSR count). The van der Waals surface area contributed by atoms with Gasteiger partial charge in [-0.25, -0.2) is 0 Å². The predicted molar refractivity (Wildman–Crippen MR) is 86.6 cm³/mol. The second-order valence-corrected chi connectivity index (χ2v) is 8.77. The number of nitrogens with two attached hydrogens (primary N) is 1. The van der Waals surface area contributed by atoms with Gasteiger partial charge in [0.2, 0.25) is 0 Å². The van der Waals surface area contributed by atoms with Crippen LogP contribution in [0.5, 0.6) is 0 Å². The van der Waals surface area contributed by atoms with E-state index < -0.39 is 8.56 Å². The molecule has 1 aromatic carbocycles. The molecule has 1 aromatic rings. The molecule has 0 spiro atoms. The first-order chi connectivity index (χ1) is 10.2. The standard InChI is InChI=1S/C16H27NO3Si/c1-3-16(12-18-13-16)10-11-20-21(14-17,19-4-2)15-8-6-5-7-9-15/h5-9H,3-4,10-14,17H2,1-2H3. The van der Waals surface area contributed by atoms with Crippen LogP contribution < -0.4 is 10.9 Å². The summed E-state index contributed by atoms with van der Waals surface area (Å²) in [6, 6.07) is 10.2. The minimum absolute atomic E-state index is 0.303. The molecule has 118 valence electrons. The quantitative estimate of drug-likeness (QED) is 0.706. The van der Waals surface area contributed by atoms with Gasteiger partial charge in [-0.3, -0.25) is 0 Å². The molecular formula is C16H27NO3Si. The van der Waals surface area contributed by atoms with E-state index in [1.54, 1.807) is 0 Å². The molecule has 1 saturated heterocycles. The monoisotopic (exact) mass is 309 g/mol. The average molecular weight is 309 g/mol. The zero-order chi connectivity index (χ0) is 15.2. The van der Waals surface area contributed by atoms with Gasteiger partial charge in [-0.05, 0) is 25.0 Å². The first kappa shape index (κ1) is 16.6. The highest BCUT2D eigenvalue weighted by Gasteiger charge is 2.41. The SMILES string of the molecule is CCO[Si](CN)(OCCC1(CC)COC1)c1ccccc1. The Kier molecular flexibility index (Phi) is 5.95. The summed E-state index contributed by atoms with van der Waals surface area (Å²) in [6.45, 7) is 7.23. The van der Waals surface area contributed by atoms with Gasteiger partial charge in [0.05, 0.1) is 13.2 Å². The Labute approximate surface area is 128 Å². The first-order valence-corrected chi connectivity index (χ1v) is 9.84. The summed E-state index contributed by atoms with van der Waals surface area (Å²) in [5, 5.41) is 1.12. The maximum atomic E-state index is 6.27. The summed E-state index contributed by atoms with van der Waals surface area (Å²) in [7, 11) is -2.51. The number of rotatable bonds is 9. The van der Waals surface area contributed by atoms with E-state index in [9.17, 15) is 0 Å². The third kappa shape index (κ3) is 3.73. The second kappa shape index (κ2) is 7.51. The second-order valence-electron chi connectivity index (χ2n) is 5.70. The van der Waals surface area contributed by atoms with E-state index in [4.69, 9.17) is 19.3 Å². The van der Waals surface area contributed by atoms with Crippen molar-refractivity contribution in [2.24, 2.45) is 11.1 Å². The Hall–Kier alpha value is -0.723. The molecule has 1 unspecified atom stereocenters. The number of benzene rings is 1. The van der Waals surface area contributed by atoms with Crippen molar-refractivity contribution in [2.45, 2.75) is 26.7 Å². The summed E-state index contributed by atoms with van der Waals surface area (Å²) in [4.78, 5) is 0. The van der Waals surface area contributed by atoms with Crippen molar-refractivity contribution >= 4 is 13.7 Å². The minimum Gasteiger partial charge on any atom is -0.391 e. The first-order valence-electron chi connectivity index (χ1n) is 7.81. The molecule has 0 aliphatic carbocycles. The Morgan fingerprint density at radius 3 is 2.38 bits per heavy atom. The van der Waals surface area contributed by atoms with Crippen LogP contribution in [0.15, 0.2) is 30.3 Å². The van der Waals surface area contributed by atoms with Crippen LogP contribution >= 0.6 is 0 Å². The molecule has 0 saturated carbocycles. The fourth-order valence-electron chi connectivity index (χ4n) is 2.72. The van der Waals surface area contributed by atoms with Crippen LogP contribution in [0.2, 0.25) is 0 Å². The number of hydrogen-bond donors (Lipinski definition) is 1. The van der Waals surface area contributed by atoms with Crippen LogP contribution in [-0.4, -0.2) is 41.2 Å². The van der Waals surface area contributed by atoms with Crippen LogP contribution in [0.3, 0.4) is 0 Å². The molecule has 2 N–H and O–H groups in total. The lowest BCUT2D eigenvalue weighted by Crippen LogP contribution is -2.60. The lowest BCUT2D eigenvalue weighted by atomic mass is 9.80. The summed E-state index contributed by atoms with van der Waals surface area (Å²) in [6.07, 6.45) is 2.59. The van der Waals surface area contributed by atoms with Crippen molar-refractivity contribution in [3.05, 3.63) is 30.3 Å². The van der Waals surface area contributed by atoms with Crippen LogP contribution in [0.25, 0.3) is 0 Å². The summed E-state index contributed by atoms with van der Waals surface area (Å²) in [5.74, 6) is 0. The van der Waals surface area contributed by atoms with Gasteiger partial charge in [0.25, 0.3) is 0 Å².